The summed E-state index contributed by atoms with van der Waals surface area (Å²) in [5.74, 6) is 1.50. The average Bonchev–Trinajstić information content (AvgIpc) is 3.35. The van der Waals surface area contributed by atoms with Crippen LogP contribution >= 0.6 is 11.3 Å². The smallest absolute Gasteiger partial charge is 0.352 e. The predicted octanol–water partition coefficient (Wildman–Crippen LogP) is 3.67. The number of benzene rings is 1. The van der Waals surface area contributed by atoms with E-state index < -0.39 is 0 Å². The molecule has 3 aromatic heterocycles. The van der Waals surface area contributed by atoms with Crippen molar-refractivity contribution in [2.24, 2.45) is 11.3 Å². The number of ether oxygens (including phenoxy) is 2. The SMILES string of the molecule is CC(C)(C)C1CCc2c(sc3ncn4c(=O)n(CC(=O)Nc5ccc6c(c5)OCCO6)nc4c23)C1. The molecule has 1 atom stereocenters. The fraction of sp³-hybridized carbons (Fsp3) is 0.440. The third kappa shape index (κ3) is 3.85. The number of nitrogens with one attached hydrogen (secondary N) is 1. The average molecular weight is 494 g/mol. The number of thiophene rings is 1. The highest BCUT2D eigenvalue weighted by Crippen LogP contribution is 2.43. The van der Waals surface area contributed by atoms with Crippen molar-refractivity contribution in [1.29, 1.82) is 0 Å². The quantitative estimate of drug-likeness (QED) is 0.468. The highest BCUT2D eigenvalue weighted by molar-refractivity contribution is 7.19. The van der Waals surface area contributed by atoms with Gasteiger partial charge < -0.3 is 14.8 Å². The lowest BCUT2D eigenvalue weighted by Crippen LogP contribution is -2.28. The molecule has 1 aliphatic carbocycles. The number of carbonyl (C=O) groups is 1. The van der Waals surface area contributed by atoms with Crippen molar-refractivity contribution < 1.29 is 14.3 Å². The van der Waals surface area contributed by atoms with Crippen LogP contribution in [0.5, 0.6) is 11.5 Å². The van der Waals surface area contributed by atoms with Gasteiger partial charge in [-0.2, -0.15) is 0 Å². The molecule has 0 spiro atoms. The lowest BCUT2D eigenvalue weighted by molar-refractivity contribution is -0.117. The van der Waals surface area contributed by atoms with Gasteiger partial charge in [0.15, 0.2) is 17.1 Å². The Morgan fingerprint density at radius 3 is 2.83 bits per heavy atom. The summed E-state index contributed by atoms with van der Waals surface area (Å²) in [4.78, 5) is 32.6. The maximum absolute atomic E-state index is 13.0. The van der Waals surface area contributed by atoms with Crippen molar-refractivity contribution in [1.82, 2.24) is 19.2 Å². The minimum absolute atomic E-state index is 0.200. The Hall–Kier alpha value is -3.40. The van der Waals surface area contributed by atoms with Gasteiger partial charge in [0.1, 0.15) is 30.9 Å². The molecular weight excluding hydrogens is 466 g/mol. The topological polar surface area (TPSA) is 99.8 Å². The van der Waals surface area contributed by atoms with E-state index in [9.17, 15) is 9.59 Å². The van der Waals surface area contributed by atoms with Crippen LogP contribution in [0.25, 0.3) is 15.9 Å². The van der Waals surface area contributed by atoms with Gasteiger partial charge in [-0.3, -0.25) is 4.79 Å². The second-order valence-electron chi connectivity index (χ2n) is 10.3. The third-order valence-electron chi connectivity index (χ3n) is 6.98. The molecule has 4 aromatic rings. The predicted molar refractivity (Wildman–Crippen MR) is 134 cm³/mol. The van der Waals surface area contributed by atoms with Gasteiger partial charge in [-0.25, -0.2) is 18.9 Å². The summed E-state index contributed by atoms with van der Waals surface area (Å²) in [6.45, 7) is 7.65. The molecule has 35 heavy (non-hydrogen) atoms. The minimum atomic E-state index is -0.380. The van der Waals surface area contributed by atoms with Crippen LogP contribution in [0.2, 0.25) is 0 Å². The molecule has 182 valence electrons. The number of amides is 1. The van der Waals surface area contributed by atoms with E-state index in [2.05, 4.69) is 36.2 Å². The van der Waals surface area contributed by atoms with E-state index in [1.54, 1.807) is 29.5 Å². The molecular formula is C25H27N5O4S. The first-order valence-electron chi connectivity index (χ1n) is 11.9. The van der Waals surface area contributed by atoms with Gasteiger partial charge in [-0.05, 0) is 48.3 Å². The summed E-state index contributed by atoms with van der Waals surface area (Å²) in [7, 11) is 0. The second kappa shape index (κ2) is 8.08. The van der Waals surface area contributed by atoms with Gasteiger partial charge in [0.25, 0.3) is 0 Å². The van der Waals surface area contributed by atoms with Gasteiger partial charge in [0.05, 0.1) is 5.39 Å². The first-order chi connectivity index (χ1) is 16.8. The molecule has 0 saturated heterocycles. The van der Waals surface area contributed by atoms with Crippen LogP contribution in [0.4, 0.5) is 5.69 Å². The summed E-state index contributed by atoms with van der Waals surface area (Å²) >= 11 is 1.70. The van der Waals surface area contributed by atoms with Crippen molar-refractivity contribution >= 4 is 38.8 Å². The molecule has 1 N–H and O–H groups in total. The molecule has 1 aromatic carbocycles. The van der Waals surface area contributed by atoms with E-state index in [1.165, 1.54) is 25.9 Å². The molecule has 0 fully saturated rings. The summed E-state index contributed by atoms with van der Waals surface area (Å²) in [5, 5.41) is 8.33. The van der Waals surface area contributed by atoms with E-state index in [0.717, 1.165) is 29.5 Å². The Balaban J connectivity index is 1.29. The monoisotopic (exact) mass is 493 g/mol. The second-order valence-corrected chi connectivity index (χ2v) is 11.4. The summed E-state index contributed by atoms with van der Waals surface area (Å²) in [5.41, 5.74) is 2.26. The molecule has 1 aliphatic heterocycles. The number of carbonyl (C=O) groups excluding carboxylic acids is 1. The highest BCUT2D eigenvalue weighted by atomic mass is 32.1. The zero-order chi connectivity index (χ0) is 24.3. The van der Waals surface area contributed by atoms with Crippen LogP contribution < -0.4 is 20.5 Å². The van der Waals surface area contributed by atoms with Crippen molar-refractivity contribution in [2.45, 2.75) is 46.6 Å². The molecule has 1 amide bonds. The Bertz CT molecular complexity index is 1530. The fourth-order valence-corrected chi connectivity index (χ4v) is 6.26. The molecule has 0 saturated carbocycles. The number of aromatic nitrogens is 4. The molecule has 0 bridgehead atoms. The van der Waals surface area contributed by atoms with Crippen LogP contribution in [0.15, 0.2) is 29.3 Å². The van der Waals surface area contributed by atoms with E-state index >= 15 is 0 Å². The number of hydrogen-bond donors (Lipinski definition) is 1. The van der Waals surface area contributed by atoms with Crippen molar-refractivity contribution in [3.8, 4) is 11.5 Å². The highest BCUT2D eigenvalue weighted by Gasteiger charge is 2.32. The Morgan fingerprint density at radius 2 is 2.03 bits per heavy atom. The summed E-state index contributed by atoms with van der Waals surface area (Å²) in [6, 6.07) is 5.22. The maximum atomic E-state index is 13.0. The normalized spacial score (nSPS) is 17.5. The molecule has 2 aliphatic rings. The Labute approximate surface area is 205 Å². The summed E-state index contributed by atoms with van der Waals surface area (Å²) < 4.78 is 13.7. The van der Waals surface area contributed by atoms with Crippen molar-refractivity contribution in [2.75, 3.05) is 18.5 Å². The van der Waals surface area contributed by atoms with Crippen LogP contribution in [0.1, 0.15) is 37.6 Å². The van der Waals surface area contributed by atoms with E-state index in [1.807, 2.05) is 0 Å². The molecule has 0 radical (unpaired) electrons. The first-order valence-corrected chi connectivity index (χ1v) is 12.7. The number of nitrogens with zero attached hydrogens (tertiary/aromatic N) is 4. The molecule has 1 unspecified atom stereocenters. The summed E-state index contributed by atoms with van der Waals surface area (Å²) in [6.07, 6.45) is 4.59. The largest absolute Gasteiger partial charge is 0.486 e. The van der Waals surface area contributed by atoms with E-state index in [0.29, 0.717) is 42.0 Å². The van der Waals surface area contributed by atoms with Crippen LogP contribution in [-0.2, 0) is 24.2 Å². The van der Waals surface area contributed by atoms with Crippen LogP contribution in [-0.4, -0.2) is 38.3 Å². The first kappa shape index (κ1) is 22.1. The number of anilines is 1. The van der Waals surface area contributed by atoms with Crippen LogP contribution in [0.3, 0.4) is 0 Å². The number of rotatable bonds is 3. The standard InChI is InChI=1S/C25H27N5O4S/c1-25(2,3)14-4-6-16-19(10-14)35-23-21(16)22-28-30(24(32)29(22)13-26-23)12-20(31)27-15-5-7-17-18(11-15)34-9-8-33-17/h5,7,11,13-14H,4,6,8-10,12H2,1-3H3,(H,27,31). The van der Waals surface area contributed by atoms with Gasteiger partial charge in [-0.15, -0.1) is 16.4 Å². The lowest BCUT2D eigenvalue weighted by Gasteiger charge is -2.33. The number of fused-ring (bicyclic) bond motifs is 6. The number of aryl methyl sites for hydroxylation is 1. The van der Waals surface area contributed by atoms with E-state index in [-0.39, 0.29) is 23.6 Å². The van der Waals surface area contributed by atoms with E-state index in [4.69, 9.17) is 9.47 Å². The zero-order valence-corrected chi connectivity index (χ0v) is 20.8. The zero-order valence-electron chi connectivity index (χ0n) is 20.0. The van der Waals surface area contributed by atoms with Crippen molar-refractivity contribution in [3.05, 3.63) is 45.5 Å². The molecule has 10 heteroatoms. The fourth-order valence-electron chi connectivity index (χ4n) is 5.00. The molecule has 4 heterocycles. The van der Waals surface area contributed by atoms with Crippen molar-refractivity contribution in [3.63, 3.8) is 0 Å². The van der Waals surface area contributed by atoms with Gasteiger partial charge >= 0.3 is 5.69 Å². The third-order valence-corrected chi connectivity index (χ3v) is 8.14. The minimum Gasteiger partial charge on any atom is -0.486 e. The number of hydrogen-bond acceptors (Lipinski definition) is 7. The van der Waals surface area contributed by atoms with Gasteiger partial charge in [0, 0.05) is 16.6 Å². The molecule has 9 nitrogen and oxygen atoms in total. The molecule has 6 rings (SSSR count). The lowest BCUT2D eigenvalue weighted by atomic mass is 9.72. The van der Waals surface area contributed by atoms with Gasteiger partial charge in [0.2, 0.25) is 5.91 Å². The van der Waals surface area contributed by atoms with Gasteiger partial charge in [-0.1, -0.05) is 20.8 Å². The Morgan fingerprint density at radius 1 is 1.23 bits per heavy atom. The Kier molecular flexibility index (Phi) is 5.10. The maximum Gasteiger partial charge on any atom is 0.352 e. The van der Waals surface area contributed by atoms with Crippen LogP contribution in [0, 0.1) is 11.3 Å².